The number of carbonyl (C=O) groups excluding carboxylic acids is 3. The van der Waals surface area contributed by atoms with Crippen molar-refractivity contribution >= 4 is 27.7 Å². The zero-order chi connectivity index (χ0) is 26.3. The molecule has 0 saturated carbocycles. The Bertz CT molecular complexity index is 1200. The standard InChI is InChI=1S/C26H33N3O6S/c1-4-5-16-27-25(31)19(2)28(18-20-12-14-21(35-3)15-13-20)24(30)11-8-17-29-26(32)22-9-6-7-10-23(22)36(29,33)34/h6-7,9-10,12-15,19H,4-5,8,11,16-18H2,1-3H3,(H,27,31). The zero-order valence-electron chi connectivity index (χ0n) is 20.9. The summed E-state index contributed by atoms with van der Waals surface area (Å²) in [7, 11) is -2.36. The molecule has 3 amide bonds. The zero-order valence-corrected chi connectivity index (χ0v) is 21.7. The van der Waals surface area contributed by atoms with Gasteiger partial charge in [0.25, 0.3) is 15.9 Å². The normalized spacial score (nSPS) is 14.8. The number of benzene rings is 2. The molecule has 1 N–H and O–H groups in total. The Morgan fingerprint density at radius 2 is 1.78 bits per heavy atom. The number of hydrogen-bond donors (Lipinski definition) is 1. The van der Waals surface area contributed by atoms with Gasteiger partial charge in [-0.25, -0.2) is 12.7 Å². The van der Waals surface area contributed by atoms with E-state index in [0.29, 0.717) is 12.3 Å². The summed E-state index contributed by atoms with van der Waals surface area (Å²) in [5.41, 5.74) is 0.965. The van der Waals surface area contributed by atoms with Crippen LogP contribution in [0.2, 0.25) is 0 Å². The van der Waals surface area contributed by atoms with Crippen LogP contribution in [0.5, 0.6) is 5.75 Å². The molecule has 36 heavy (non-hydrogen) atoms. The van der Waals surface area contributed by atoms with Crippen LogP contribution in [0.3, 0.4) is 0 Å². The van der Waals surface area contributed by atoms with Gasteiger partial charge < -0.3 is 15.0 Å². The summed E-state index contributed by atoms with van der Waals surface area (Å²) >= 11 is 0. The van der Waals surface area contributed by atoms with Gasteiger partial charge in [0.2, 0.25) is 11.8 Å². The number of hydrogen-bond acceptors (Lipinski definition) is 6. The smallest absolute Gasteiger partial charge is 0.269 e. The minimum atomic E-state index is -3.93. The van der Waals surface area contributed by atoms with Gasteiger partial charge in [0.15, 0.2) is 0 Å². The first kappa shape index (κ1) is 27.2. The molecule has 1 unspecified atom stereocenters. The van der Waals surface area contributed by atoms with E-state index in [-0.39, 0.29) is 48.2 Å². The third-order valence-electron chi connectivity index (χ3n) is 6.17. The summed E-state index contributed by atoms with van der Waals surface area (Å²) in [5, 5.41) is 2.87. The molecule has 9 nitrogen and oxygen atoms in total. The number of ether oxygens (including phenoxy) is 1. The predicted octanol–water partition coefficient (Wildman–Crippen LogP) is 2.95. The summed E-state index contributed by atoms with van der Waals surface area (Å²) in [6.07, 6.45) is 1.90. The molecule has 0 aliphatic carbocycles. The first-order valence-corrected chi connectivity index (χ1v) is 13.5. The molecule has 1 atom stereocenters. The minimum Gasteiger partial charge on any atom is -0.497 e. The van der Waals surface area contributed by atoms with E-state index in [9.17, 15) is 22.8 Å². The lowest BCUT2D eigenvalue weighted by atomic mass is 10.1. The molecule has 3 rings (SSSR count). The topological polar surface area (TPSA) is 113 Å². The molecule has 0 radical (unpaired) electrons. The number of unbranched alkanes of at least 4 members (excludes halogenated alkanes) is 1. The van der Waals surface area contributed by atoms with Crippen LogP contribution in [0.4, 0.5) is 0 Å². The molecule has 0 bridgehead atoms. The number of fused-ring (bicyclic) bond motifs is 1. The number of nitrogens with zero attached hydrogens (tertiary/aromatic N) is 2. The van der Waals surface area contributed by atoms with E-state index in [1.165, 1.54) is 17.0 Å². The first-order chi connectivity index (χ1) is 17.2. The van der Waals surface area contributed by atoms with Crippen LogP contribution in [0.15, 0.2) is 53.4 Å². The lowest BCUT2D eigenvalue weighted by molar-refractivity contribution is -0.140. The second-order valence-corrected chi connectivity index (χ2v) is 10.5. The molecule has 0 aromatic heterocycles. The van der Waals surface area contributed by atoms with Gasteiger partial charge in [-0.1, -0.05) is 37.6 Å². The number of rotatable bonds is 12. The molecule has 1 aliphatic rings. The van der Waals surface area contributed by atoms with Crippen LogP contribution >= 0.6 is 0 Å². The fraction of sp³-hybridized carbons (Fsp3) is 0.423. The van der Waals surface area contributed by atoms with Crippen molar-refractivity contribution in [1.29, 1.82) is 0 Å². The van der Waals surface area contributed by atoms with E-state index in [2.05, 4.69) is 5.32 Å². The van der Waals surface area contributed by atoms with Crippen LogP contribution in [0.1, 0.15) is 55.5 Å². The first-order valence-electron chi connectivity index (χ1n) is 12.1. The Labute approximate surface area is 212 Å². The maximum atomic E-state index is 13.2. The summed E-state index contributed by atoms with van der Waals surface area (Å²) in [6, 6.07) is 12.6. The Morgan fingerprint density at radius 1 is 1.08 bits per heavy atom. The quantitative estimate of drug-likeness (QED) is 0.435. The highest BCUT2D eigenvalue weighted by atomic mass is 32.2. The molecular weight excluding hydrogens is 482 g/mol. The second-order valence-electron chi connectivity index (χ2n) is 8.67. The molecule has 1 heterocycles. The van der Waals surface area contributed by atoms with Crippen molar-refractivity contribution in [2.24, 2.45) is 0 Å². The number of nitrogens with one attached hydrogen (secondary N) is 1. The van der Waals surface area contributed by atoms with Gasteiger partial charge in [0.1, 0.15) is 16.7 Å². The van der Waals surface area contributed by atoms with Crippen molar-refractivity contribution < 1.29 is 27.5 Å². The minimum absolute atomic E-state index is 0.0140. The second kappa shape index (κ2) is 12.0. The van der Waals surface area contributed by atoms with Gasteiger partial charge in [0, 0.05) is 26.1 Å². The van der Waals surface area contributed by atoms with Gasteiger partial charge in [-0.2, -0.15) is 0 Å². The van der Waals surface area contributed by atoms with Crippen LogP contribution in [0.25, 0.3) is 0 Å². The Kier molecular flexibility index (Phi) is 9.08. The van der Waals surface area contributed by atoms with Crippen LogP contribution in [-0.2, 0) is 26.2 Å². The van der Waals surface area contributed by atoms with E-state index < -0.39 is 22.0 Å². The van der Waals surface area contributed by atoms with Crippen molar-refractivity contribution in [2.45, 2.75) is 57.0 Å². The number of carbonyl (C=O) groups is 3. The van der Waals surface area contributed by atoms with Crippen molar-refractivity contribution in [1.82, 2.24) is 14.5 Å². The maximum absolute atomic E-state index is 13.2. The van der Waals surface area contributed by atoms with Crippen LogP contribution < -0.4 is 10.1 Å². The lowest BCUT2D eigenvalue weighted by Crippen LogP contribution is -2.47. The van der Waals surface area contributed by atoms with Gasteiger partial charge in [-0.3, -0.25) is 14.4 Å². The third kappa shape index (κ3) is 6.04. The average molecular weight is 516 g/mol. The molecule has 194 valence electrons. The van der Waals surface area contributed by atoms with Gasteiger partial charge in [-0.15, -0.1) is 0 Å². The van der Waals surface area contributed by atoms with E-state index in [1.807, 2.05) is 19.1 Å². The summed E-state index contributed by atoms with van der Waals surface area (Å²) in [4.78, 5) is 40.1. The van der Waals surface area contributed by atoms with Crippen molar-refractivity contribution in [3.05, 3.63) is 59.7 Å². The fourth-order valence-corrected chi connectivity index (χ4v) is 5.62. The van der Waals surface area contributed by atoms with E-state index in [1.54, 1.807) is 38.3 Å². The van der Waals surface area contributed by atoms with E-state index in [4.69, 9.17) is 4.74 Å². The molecule has 0 spiro atoms. The Hall–Kier alpha value is -3.40. The highest BCUT2D eigenvalue weighted by Gasteiger charge is 2.40. The summed E-state index contributed by atoms with van der Waals surface area (Å²) in [5.74, 6) is -0.458. The number of methoxy groups -OCH3 is 1. The highest BCUT2D eigenvalue weighted by Crippen LogP contribution is 2.30. The predicted molar refractivity (Wildman–Crippen MR) is 135 cm³/mol. The lowest BCUT2D eigenvalue weighted by Gasteiger charge is -2.29. The monoisotopic (exact) mass is 515 g/mol. The molecular formula is C26H33N3O6S. The van der Waals surface area contributed by atoms with Crippen molar-refractivity contribution in [2.75, 3.05) is 20.2 Å². The average Bonchev–Trinajstić information content (AvgIpc) is 3.07. The van der Waals surface area contributed by atoms with E-state index >= 15 is 0 Å². The molecule has 1 aliphatic heterocycles. The SMILES string of the molecule is CCCCNC(=O)C(C)N(Cc1ccc(OC)cc1)C(=O)CCCN1C(=O)c2ccccc2S1(=O)=O. The highest BCUT2D eigenvalue weighted by molar-refractivity contribution is 7.90. The van der Waals surface area contributed by atoms with Gasteiger partial charge >= 0.3 is 0 Å². The Morgan fingerprint density at radius 3 is 2.42 bits per heavy atom. The molecule has 2 aromatic carbocycles. The number of sulfonamides is 1. The summed E-state index contributed by atoms with van der Waals surface area (Å²) in [6.45, 7) is 4.32. The van der Waals surface area contributed by atoms with Crippen molar-refractivity contribution in [3.63, 3.8) is 0 Å². The van der Waals surface area contributed by atoms with Crippen molar-refractivity contribution in [3.8, 4) is 5.75 Å². The summed E-state index contributed by atoms with van der Waals surface area (Å²) < 4.78 is 31.5. The van der Waals surface area contributed by atoms with Gasteiger partial charge in [-0.05, 0) is 49.6 Å². The van der Waals surface area contributed by atoms with Gasteiger partial charge in [0.05, 0.1) is 12.7 Å². The van der Waals surface area contributed by atoms with Crippen LogP contribution in [-0.4, -0.2) is 61.6 Å². The van der Waals surface area contributed by atoms with E-state index in [0.717, 1.165) is 22.7 Å². The van der Waals surface area contributed by atoms with Crippen LogP contribution in [0, 0.1) is 0 Å². The molecule has 0 saturated heterocycles. The number of amides is 3. The maximum Gasteiger partial charge on any atom is 0.269 e. The largest absolute Gasteiger partial charge is 0.497 e. The fourth-order valence-electron chi connectivity index (χ4n) is 4.02. The molecule has 2 aromatic rings. The Balaban J connectivity index is 1.69. The third-order valence-corrected chi connectivity index (χ3v) is 8.01. The molecule has 0 fully saturated rings. The molecule has 10 heteroatoms.